The van der Waals surface area contributed by atoms with Crippen molar-refractivity contribution in [1.29, 1.82) is 0 Å². The van der Waals surface area contributed by atoms with Gasteiger partial charge in [-0.15, -0.1) is 0 Å². The highest BCUT2D eigenvalue weighted by Gasteiger charge is 2.20. The summed E-state index contributed by atoms with van der Waals surface area (Å²) < 4.78 is 32.7. The lowest BCUT2D eigenvalue weighted by Crippen LogP contribution is -2.13. The molecule has 0 aromatic heterocycles. The Morgan fingerprint density at radius 3 is 1.65 bits per heavy atom. The molecule has 0 radical (unpaired) electrons. The van der Waals surface area contributed by atoms with Crippen LogP contribution in [0.25, 0.3) is 11.1 Å². The van der Waals surface area contributed by atoms with Crippen LogP contribution in [0, 0.1) is 11.6 Å². The summed E-state index contributed by atoms with van der Waals surface area (Å²) in [5.41, 5.74) is 5.00. The molecular formula is C30H26F2O2. The Morgan fingerprint density at radius 2 is 1.18 bits per heavy atom. The van der Waals surface area contributed by atoms with Gasteiger partial charge in [0.05, 0.1) is 5.56 Å². The van der Waals surface area contributed by atoms with Crippen molar-refractivity contribution in [2.24, 2.45) is 0 Å². The SMILES string of the molecule is CCCCc1ccc(-c2ccc(C(=O)OC(c3ccc(F)cc3)c3ccc(F)cc3)cc2)cc1. The minimum absolute atomic E-state index is 0.387. The Kier molecular flexibility index (Phi) is 7.48. The van der Waals surface area contributed by atoms with Crippen LogP contribution in [-0.4, -0.2) is 5.97 Å². The van der Waals surface area contributed by atoms with Gasteiger partial charge < -0.3 is 4.74 Å². The monoisotopic (exact) mass is 456 g/mol. The highest BCUT2D eigenvalue weighted by Crippen LogP contribution is 2.28. The number of halogens is 2. The number of aryl methyl sites for hydroxylation is 1. The average Bonchev–Trinajstić information content (AvgIpc) is 2.87. The lowest BCUT2D eigenvalue weighted by molar-refractivity contribution is 0.0378. The van der Waals surface area contributed by atoms with E-state index in [0.717, 1.165) is 17.5 Å². The van der Waals surface area contributed by atoms with Crippen molar-refractivity contribution in [3.8, 4) is 11.1 Å². The first-order valence-electron chi connectivity index (χ1n) is 11.4. The van der Waals surface area contributed by atoms with E-state index in [2.05, 4.69) is 31.2 Å². The molecule has 0 heterocycles. The van der Waals surface area contributed by atoms with Crippen LogP contribution >= 0.6 is 0 Å². The molecule has 0 atom stereocenters. The molecular weight excluding hydrogens is 430 g/mol. The summed E-state index contributed by atoms with van der Waals surface area (Å²) in [6.07, 6.45) is 2.63. The Hall–Kier alpha value is -3.79. The molecule has 2 nitrogen and oxygen atoms in total. The van der Waals surface area contributed by atoms with Crippen LogP contribution in [-0.2, 0) is 11.2 Å². The molecule has 0 saturated heterocycles. The van der Waals surface area contributed by atoms with Crippen molar-refractivity contribution in [3.63, 3.8) is 0 Å². The van der Waals surface area contributed by atoms with Crippen LogP contribution in [0.4, 0.5) is 8.78 Å². The zero-order chi connectivity index (χ0) is 23.9. The normalized spacial score (nSPS) is 10.9. The first kappa shape index (κ1) is 23.4. The number of ether oxygens (including phenoxy) is 1. The number of hydrogen-bond acceptors (Lipinski definition) is 2. The van der Waals surface area contributed by atoms with Crippen molar-refractivity contribution in [2.45, 2.75) is 32.3 Å². The second kappa shape index (κ2) is 10.9. The minimum Gasteiger partial charge on any atom is -0.449 e. The van der Waals surface area contributed by atoms with E-state index in [1.165, 1.54) is 42.7 Å². The number of unbranched alkanes of at least 4 members (excludes halogenated alkanes) is 1. The summed E-state index contributed by atoms with van der Waals surface area (Å²) in [7, 11) is 0. The fraction of sp³-hybridized carbons (Fsp3) is 0.167. The molecule has 0 spiro atoms. The van der Waals surface area contributed by atoms with E-state index in [9.17, 15) is 13.6 Å². The average molecular weight is 457 g/mol. The Labute approximate surface area is 198 Å². The van der Waals surface area contributed by atoms with E-state index in [0.29, 0.717) is 16.7 Å². The van der Waals surface area contributed by atoms with Gasteiger partial charge >= 0.3 is 5.97 Å². The molecule has 4 heteroatoms. The van der Waals surface area contributed by atoms with Gasteiger partial charge in [0.2, 0.25) is 0 Å². The number of hydrogen-bond donors (Lipinski definition) is 0. The van der Waals surface area contributed by atoms with Gasteiger partial charge in [-0.2, -0.15) is 0 Å². The predicted molar refractivity (Wildman–Crippen MR) is 131 cm³/mol. The third-order valence-corrected chi connectivity index (χ3v) is 5.80. The summed E-state index contributed by atoms with van der Waals surface area (Å²) in [5, 5.41) is 0. The van der Waals surface area contributed by atoms with Crippen LogP contribution < -0.4 is 0 Å². The number of benzene rings is 4. The van der Waals surface area contributed by atoms with Gasteiger partial charge in [-0.3, -0.25) is 0 Å². The Balaban J connectivity index is 1.52. The van der Waals surface area contributed by atoms with E-state index in [1.807, 2.05) is 12.1 Å². The predicted octanol–water partition coefficient (Wildman–Crippen LogP) is 7.92. The van der Waals surface area contributed by atoms with Gasteiger partial charge in [0, 0.05) is 0 Å². The zero-order valence-electron chi connectivity index (χ0n) is 19.0. The van der Waals surface area contributed by atoms with E-state index in [1.54, 1.807) is 36.4 Å². The van der Waals surface area contributed by atoms with Gasteiger partial charge in [0.1, 0.15) is 11.6 Å². The van der Waals surface area contributed by atoms with Crippen molar-refractivity contribution < 1.29 is 18.3 Å². The summed E-state index contributed by atoms with van der Waals surface area (Å²) in [5.74, 6) is -1.29. The van der Waals surface area contributed by atoms with Crippen molar-refractivity contribution in [3.05, 3.63) is 131 Å². The van der Waals surface area contributed by atoms with Crippen LogP contribution in [0.2, 0.25) is 0 Å². The van der Waals surface area contributed by atoms with Gasteiger partial charge in [-0.1, -0.05) is 74.0 Å². The maximum absolute atomic E-state index is 13.4. The molecule has 0 aliphatic heterocycles. The zero-order valence-corrected chi connectivity index (χ0v) is 19.0. The molecule has 0 N–H and O–H groups in total. The standard InChI is InChI=1S/C30H26F2O2/c1-2-3-4-21-5-7-22(8-6-21)23-9-11-26(12-10-23)30(33)34-29(24-13-17-27(31)18-14-24)25-15-19-28(32)20-16-25/h5-20,29H,2-4H2,1H3. The fourth-order valence-corrected chi connectivity index (χ4v) is 3.82. The largest absolute Gasteiger partial charge is 0.449 e. The summed E-state index contributed by atoms with van der Waals surface area (Å²) in [4.78, 5) is 13.0. The fourth-order valence-electron chi connectivity index (χ4n) is 3.82. The molecule has 0 fully saturated rings. The summed E-state index contributed by atoms with van der Waals surface area (Å²) in [6, 6.07) is 27.2. The van der Waals surface area contributed by atoms with Crippen molar-refractivity contribution >= 4 is 5.97 Å². The van der Waals surface area contributed by atoms with Crippen LogP contribution in [0.1, 0.15) is 52.9 Å². The van der Waals surface area contributed by atoms with Gasteiger partial charge in [-0.25, -0.2) is 13.6 Å². The highest BCUT2D eigenvalue weighted by molar-refractivity contribution is 5.90. The Morgan fingerprint density at radius 1 is 0.706 bits per heavy atom. The number of carbonyl (C=O) groups is 1. The molecule has 0 aliphatic rings. The molecule has 34 heavy (non-hydrogen) atoms. The molecule has 4 rings (SSSR count). The molecule has 0 saturated carbocycles. The first-order valence-corrected chi connectivity index (χ1v) is 11.4. The van der Waals surface area contributed by atoms with Crippen LogP contribution in [0.5, 0.6) is 0 Å². The second-order valence-corrected chi connectivity index (χ2v) is 8.27. The van der Waals surface area contributed by atoms with E-state index in [-0.39, 0.29) is 11.6 Å². The first-order chi connectivity index (χ1) is 16.5. The molecule has 172 valence electrons. The van der Waals surface area contributed by atoms with Crippen molar-refractivity contribution in [2.75, 3.05) is 0 Å². The van der Waals surface area contributed by atoms with Crippen LogP contribution in [0.3, 0.4) is 0 Å². The van der Waals surface area contributed by atoms with Gasteiger partial charge in [0.25, 0.3) is 0 Å². The summed E-state index contributed by atoms with van der Waals surface area (Å²) >= 11 is 0. The smallest absolute Gasteiger partial charge is 0.339 e. The lowest BCUT2D eigenvalue weighted by atomic mass is 10.00. The third kappa shape index (κ3) is 5.76. The number of rotatable bonds is 8. The topological polar surface area (TPSA) is 26.3 Å². The van der Waals surface area contributed by atoms with Gasteiger partial charge in [-0.05, 0) is 77.1 Å². The quantitative estimate of drug-likeness (QED) is 0.252. The van der Waals surface area contributed by atoms with Crippen LogP contribution in [0.15, 0.2) is 97.1 Å². The van der Waals surface area contributed by atoms with Gasteiger partial charge in [0.15, 0.2) is 6.10 Å². The maximum atomic E-state index is 13.4. The molecule has 4 aromatic carbocycles. The molecule has 0 bridgehead atoms. The number of carbonyl (C=O) groups excluding carboxylic acids is 1. The molecule has 0 amide bonds. The second-order valence-electron chi connectivity index (χ2n) is 8.27. The highest BCUT2D eigenvalue weighted by atomic mass is 19.1. The molecule has 0 unspecified atom stereocenters. The third-order valence-electron chi connectivity index (χ3n) is 5.80. The van der Waals surface area contributed by atoms with E-state index < -0.39 is 12.1 Å². The Bertz CT molecular complexity index is 1170. The summed E-state index contributed by atoms with van der Waals surface area (Å²) in [6.45, 7) is 2.18. The van der Waals surface area contributed by atoms with E-state index >= 15 is 0 Å². The molecule has 4 aromatic rings. The maximum Gasteiger partial charge on any atom is 0.339 e. The minimum atomic E-state index is -0.788. The van der Waals surface area contributed by atoms with Crippen molar-refractivity contribution in [1.82, 2.24) is 0 Å². The lowest BCUT2D eigenvalue weighted by Gasteiger charge is -2.19. The van der Waals surface area contributed by atoms with E-state index in [4.69, 9.17) is 4.74 Å². The molecule has 0 aliphatic carbocycles. The number of esters is 1.